The minimum atomic E-state index is 0.812. The molecule has 0 saturated carbocycles. The maximum Gasteiger partial charge on any atom is -0.0386 e. The molecule has 0 rings (SSSR count). The van der Waals surface area contributed by atoms with Crippen LogP contribution in [0.15, 0.2) is 0 Å². The van der Waals surface area contributed by atoms with E-state index in [9.17, 15) is 0 Å². The van der Waals surface area contributed by atoms with Gasteiger partial charge >= 0.3 is 0 Å². The summed E-state index contributed by atoms with van der Waals surface area (Å²) in [6.45, 7) is 49.4. The van der Waals surface area contributed by atoms with E-state index in [2.05, 4.69) is 145 Å². The zero-order valence-corrected chi connectivity index (χ0v) is 29.7. The van der Waals surface area contributed by atoms with Gasteiger partial charge in [-0.25, -0.2) is 0 Å². The van der Waals surface area contributed by atoms with Gasteiger partial charge in [-0.1, -0.05) is 145 Å². The highest BCUT2D eigenvalue weighted by molar-refractivity contribution is 4.76. The first-order valence-corrected chi connectivity index (χ1v) is 16.1. The summed E-state index contributed by atoms with van der Waals surface area (Å²) in [6.07, 6.45) is 0. The molecule has 36 heavy (non-hydrogen) atoms. The summed E-state index contributed by atoms with van der Waals surface area (Å²) >= 11 is 0. The predicted octanol–water partition coefficient (Wildman–Crippen LogP) is 12.6. The van der Waals surface area contributed by atoms with Gasteiger partial charge in [-0.2, -0.15) is 0 Å². The highest BCUT2D eigenvalue weighted by Crippen LogP contribution is 2.34. The van der Waals surface area contributed by atoms with Crippen molar-refractivity contribution in [2.24, 2.45) is 88.8 Å². The Labute approximate surface area is 234 Å². The van der Waals surface area contributed by atoms with E-state index >= 15 is 0 Å². The van der Waals surface area contributed by atoms with Crippen LogP contribution in [-0.4, -0.2) is 0 Å². The lowest BCUT2D eigenvalue weighted by atomic mass is 9.72. The molecule has 0 spiro atoms. The highest BCUT2D eigenvalue weighted by Gasteiger charge is 2.27. The zero-order valence-electron chi connectivity index (χ0n) is 29.7. The van der Waals surface area contributed by atoms with Crippen LogP contribution in [0.3, 0.4) is 0 Å². The van der Waals surface area contributed by atoms with Crippen LogP contribution in [0.4, 0.5) is 0 Å². The van der Waals surface area contributed by atoms with Crippen LogP contribution in [-0.2, 0) is 0 Å². The summed E-state index contributed by atoms with van der Waals surface area (Å²) in [4.78, 5) is 0. The van der Waals surface area contributed by atoms with E-state index in [-0.39, 0.29) is 0 Å². The summed E-state index contributed by atoms with van der Waals surface area (Å²) < 4.78 is 0. The van der Waals surface area contributed by atoms with E-state index in [1.54, 1.807) is 0 Å². The van der Waals surface area contributed by atoms with Crippen molar-refractivity contribution in [2.75, 3.05) is 0 Å². The molecule has 0 radical (unpaired) electrons. The molecule has 0 aliphatic rings. The van der Waals surface area contributed by atoms with Crippen LogP contribution in [0.2, 0.25) is 0 Å². The van der Waals surface area contributed by atoms with E-state index in [1.807, 2.05) is 0 Å². The molecule has 0 amide bonds. The summed E-state index contributed by atoms with van der Waals surface area (Å²) in [5, 5.41) is 0. The van der Waals surface area contributed by atoms with Gasteiger partial charge < -0.3 is 0 Å². The lowest BCUT2D eigenvalue weighted by Gasteiger charge is -2.34. The fourth-order valence-electron chi connectivity index (χ4n) is 5.08. The van der Waals surface area contributed by atoms with Gasteiger partial charge in [0.15, 0.2) is 0 Å². The van der Waals surface area contributed by atoms with Crippen molar-refractivity contribution in [1.29, 1.82) is 0 Å². The van der Waals surface area contributed by atoms with Gasteiger partial charge in [-0.3, -0.25) is 0 Å². The first-order chi connectivity index (χ1) is 16.1. The Morgan fingerprint density at radius 1 is 0.139 bits per heavy atom. The molecule has 0 aromatic rings. The largest absolute Gasteiger partial charge is 0.0625 e. The summed E-state index contributed by atoms with van der Waals surface area (Å²) in [6, 6.07) is 0. The van der Waals surface area contributed by atoms with E-state index in [1.165, 1.54) is 0 Å². The molecule has 0 aromatic heterocycles. The first kappa shape index (κ1) is 40.5. The number of hydrogen-bond donors (Lipinski definition) is 0. The van der Waals surface area contributed by atoms with E-state index in [0.29, 0.717) is 0 Å². The third-order valence-electron chi connectivity index (χ3n) is 11.3. The Balaban J connectivity index is -0.000000460. The van der Waals surface area contributed by atoms with Gasteiger partial charge in [-0.05, 0) is 88.8 Å². The van der Waals surface area contributed by atoms with Gasteiger partial charge in [0, 0.05) is 0 Å². The average molecular weight is 511 g/mol. The number of hydrogen-bond acceptors (Lipinski definition) is 0. The van der Waals surface area contributed by atoms with Crippen LogP contribution in [0.25, 0.3) is 0 Å². The Morgan fingerprint density at radius 2 is 0.222 bits per heavy atom. The van der Waals surface area contributed by atoms with E-state index in [0.717, 1.165) is 88.8 Å². The molecule has 0 bridgehead atoms. The van der Waals surface area contributed by atoms with Gasteiger partial charge in [0.2, 0.25) is 0 Å². The molecule has 0 nitrogen and oxygen atoms in total. The van der Waals surface area contributed by atoms with E-state index < -0.39 is 0 Å². The second-order valence-corrected chi connectivity index (χ2v) is 15.2. The summed E-state index contributed by atoms with van der Waals surface area (Å²) in [7, 11) is 0. The van der Waals surface area contributed by atoms with Crippen LogP contribution in [0.5, 0.6) is 0 Å². The van der Waals surface area contributed by atoms with E-state index in [4.69, 9.17) is 0 Å². The molecule has 0 fully saturated rings. The fraction of sp³-hybridized carbons (Fsp3) is 1.00. The van der Waals surface area contributed by atoms with Crippen LogP contribution in [0, 0.1) is 88.8 Å². The van der Waals surface area contributed by atoms with Gasteiger partial charge in [-0.15, -0.1) is 0 Å². The molecule has 0 saturated heterocycles. The molecule has 8 atom stereocenters. The van der Waals surface area contributed by atoms with Crippen molar-refractivity contribution in [3.63, 3.8) is 0 Å². The topological polar surface area (TPSA) is 0 Å². The van der Waals surface area contributed by atoms with Gasteiger partial charge in [0.05, 0.1) is 0 Å². The van der Waals surface area contributed by atoms with Crippen molar-refractivity contribution in [1.82, 2.24) is 0 Å². The van der Waals surface area contributed by atoms with Crippen LogP contribution < -0.4 is 0 Å². The smallest absolute Gasteiger partial charge is 0.0386 e. The Morgan fingerprint density at radius 3 is 0.333 bits per heavy atom. The molecule has 0 heteroatoms. The quantitative estimate of drug-likeness (QED) is 0.245. The molecular formula is C36H78. The third kappa shape index (κ3) is 16.1. The van der Waals surface area contributed by atoms with Gasteiger partial charge in [0.25, 0.3) is 0 Å². The van der Waals surface area contributed by atoms with Crippen molar-refractivity contribution < 1.29 is 0 Å². The molecule has 0 heterocycles. The molecule has 0 N–H and O–H groups in total. The number of rotatable bonds is 12. The van der Waals surface area contributed by atoms with Crippen molar-refractivity contribution in [2.45, 2.75) is 145 Å². The van der Waals surface area contributed by atoms with Crippen molar-refractivity contribution in [3.05, 3.63) is 0 Å². The predicted molar refractivity (Wildman–Crippen MR) is 172 cm³/mol. The first-order valence-electron chi connectivity index (χ1n) is 16.1. The second kappa shape index (κ2) is 20.0. The lowest BCUT2D eigenvalue weighted by Crippen LogP contribution is -2.27. The monoisotopic (exact) mass is 511 g/mol. The molecule has 222 valence electrons. The molecule has 0 aromatic carbocycles. The summed E-state index contributed by atoms with van der Waals surface area (Å²) in [5.74, 6) is 12.6. The summed E-state index contributed by atoms with van der Waals surface area (Å²) in [5.41, 5.74) is 0. The molecular weight excluding hydrogens is 432 g/mol. The molecule has 0 aliphatic carbocycles. The Kier molecular flexibility index (Phi) is 22.5. The molecule has 8 unspecified atom stereocenters. The van der Waals surface area contributed by atoms with Gasteiger partial charge in [0.1, 0.15) is 0 Å². The average Bonchev–Trinajstić information content (AvgIpc) is 2.79. The Hall–Kier alpha value is 0. The Bertz CT molecular complexity index is 438. The normalized spacial score (nSPS) is 19.8. The maximum absolute atomic E-state index is 2.42. The lowest BCUT2D eigenvalue weighted by molar-refractivity contribution is 0.150. The highest BCUT2D eigenvalue weighted by atomic mass is 14.3. The van der Waals surface area contributed by atoms with Crippen LogP contribution in [0.1, 0.15) is 145 Å². The van der Waals surface area contributed by atoms with Crippen molar-refractivity contribution >= 4 is 0 Å². The third-order valence-corrected chi connectivity index (χ3v) is 11.3. The van der Waals surface area contributed by atoms with Crippen molar-refractivity contribution in [3.8, 4) is 0 Å². The minimum absolute atomic E-state index is 0.812. The fourth-order valence-corrected chi connectivity index (χ4v) is 5.08. The maximum atomic E-state index is 2.42. The molecule has 0 aliphatic heterocycles. The standard InChI is InChI=1S/C14H30.C12H26.C10H22/c1-9(2)11(5)13(7)14(8)12(6)10(3)4;1-8(2)10(5)12(7)11(6)9(3)4;1-7(2)9(5)10(6)8(3)4/h9-14H,1-8H3;8-12H,1-7H3;7-10H,1-6H3. The zero-order chi connectivity index (χ0) is 29.7. The second-order valence-electron chi connectivity index (χ2n) is 15.2. The van der Waals surface area contributed by atoms with Crippen LogP contribution >= 0.6 is 0 Å². The SMILES string of the molecule is CC(C)C(C)C(C)C(C)C.CC(C)C(C)C(C)C(C)C(C)C.CC(C)C(C)C(C)C(C)C(C)C(C)C. The minimum Gasteiger partial charge on any atom is -0.0625 e.